The number of thioether (sulfide) groups is 1. The number of nitrogens with zero attached hydrogens (tertiary/aromatic N) is 4. The number of rotatable bonds is 3. The van der Waals surface area contributed by atoms with Crippen LogP contribution in [0.4, 0.5) is 13.2 Å². The molecule has 1 aromatic carbocycles. The first-order chi connectivity index (χ1) is 12.8. The van der Waals surface area contributed by atoms with Crippen molar-refractivity contribution >= 4 is 51.5 Å². The molecule has 0 aliphatic heterocycles. The number of hydrogen-bond donors (Lipinski definition) is 0. The summed E-state index contributed by atoms with van der Waals surface area (Å²) in [6.07, 6.45) is -3.58. The van der Waals surface area contributed by atoms with Gasteiger partial charge in [0.05, 0.1) is 16.1 Å². The number of aromatic nitrogens is 4. The van der Waals surface area contributed by atoms with E-state index in [9.17, 15) is 13.2 Å². The van der Waals surface area contributed by atoms with Crippen LogP contribution in [0.1, 0.15) is 11.1 Å². The lowest BCUT2D eigenvalue weighted by Crippen LogP contribution is -2.07. The van der Waals surface area contributed by atoms with E-state index in [1.165, 1.54) is 16.2 Å². The van der Waals surface area contributed by atoms with E-state index < -0.39 is 11.7 Å². The lowest BCUT2D eigenvalue weighted by molar-refractivity contribution is -0.137. The number of benzene rings is 1. The van der Waals surface area contributed by atoms with Gasteiger partial charge in [0.1, 0.15) is 5.15 Å². The second-order valence-electron chi connectivity index (χ2n) is 5.67. The van der Waals surface area contributed by atoms with Crippen molar-refractivity contribution in [2.45, 2.75) is 17.1 Å². The highest BCUT2D eigenvalue weighted by molar-refractivity contribution is 7.98. The molecule has 0 saturated heterocycles. The van der Waals surface area contributed by atoms with Gasteiger partial charge in [-0.1, -0.05) is 53.2 Å². The first kappa shape index (κ1) is 18.3. The van der Waals surface area contributed by atoms with Gasteiger partial charge in [0.25, 0.3) is 0 Å². The topological polar surface area (TPSA) is 43.1 Å². The van der Waals surface area contributed by atoms with Crippen molar-refractivity contribution in [3.8, 4) is 0 Å². The maximum Gasteiger partial charge on any atom is 0.417 e. The number of halogens is 5. The fourth-order valence-corrected chi connectivity index (χ4v) is 3.99. The monoisotopic (exact) mass is 428 g/mol. The van der Waals surface area contributed by atoms with Crippen LogP contribution in [-0.4, -0.2) is 19.6 Å². The molecule has 3 aromatic heterocycles. The summed E-state index contributed by atoms with van der Waals surface area (Å²) in [7, 11) is 0. The molecule has 0 saturated carbocycles. The van der Waals surface area contributed by atoms with Crippen LogP contribution in [0.2, 0.25) is 10.2 Å². The number of para-hydroxylation sites is 1. The van der Waals surface area contributed by atoms with E-state index >= 15 is 0 Å². The Balaban J connectivity index is 1.68. The summed E-state index contributed by atoms with van der Waals surface area (Å²) in [6, 6.07) is 10.3. The zero-order valence-corrected chi connectivity index (χ0v) is 15.7. The maximum atomic E-state index is 13.0. The van der Waals surface area contributed by atoms with Gasteiger partial charge in [-0.25, -0.2) is 4.98 Å². The van der Waals surface area contributed by atoms with Gasteiger partial charge in [-0.15, -0.1) is 10.2 Å². The molecule has 4 rings (SSSR count). The molecule has 0 aliphatic rings. The van der Waals surface area contributed by atoms with Crippen molar-refractivity contribution < 1.29 is 13.2 Å². The maximum absolute atomic E-state index is 13.0. The third kappa shape index (κ3) is 3.56. The second kappa shape index (κ2) is 6.85. The van der Waals surface area contributed by atoms with Crippen LogP contribution in [0.15, 0.2) is 47.8 Å². The summed E-state index contributed by atoms with van der Waals surface area (Å²) < 4.78 is 40.4. The zero-order chi connectivity index (χ0) is 19.2. The summed E-state index contributed by atoms with van der Waals surface area (Å²) >= 11 is 13.4. The van der Waals surface area contributed by atoms with Gasteiger partial charge in [-0.05, 0) is 18.2 Å². The fourth-order valence-electron chi connectivity index (χ4n) is 2.57. The lowest BCUT2D eigenvalue weighted by Gasteiger charge is -2.09. The van der Waals surface area contributed by atoms with Crippen molar-refractivity contribution in [2.24, 2.45) is 0 Å². The van der Waals surface area contributed by atoms with Gasteiger partial charge < -0.3 is 0 Å². The Morgan fingerprint density at radius 3 is 2.63 bits per heavy atom. The van der Waals surface area contributed by atoms with Crippen LogP contribution in [0.5, 0.6) is 0 Å². The van der Waals surface area contributed by atoms with E-state index in [4.69, 9.17) is 23.2 Å². The van der Waals surface area contributed by atoms with E-state index in [0.717, 1.165) is 28.7 Å². The van der Waals surface area contributed by atoms with E-state index in [-0.39, 0.29) is 15.8 Å². The predicted molar refractivity (Wildman–Crippen MR) is 99.3 cm³/mol. The van der Waals surface area contributed by atoms with Gasteiger partial charge in [0.15, 0.2) is 10.8 Å². The number of pyridine rings is 2. The molecule has 0 bridgehead atoms. The Kier molecular flexibility index (Phi) is 4.65. The van der Waals surface area contributed by atoms with E-state index in [2.05, 4.69) is 15.2 Å². The summed E-state index contributed by atoms with van der Waals surface area (Å²) in [4.78, 5) is 4.34. The lowest BCUT2D eigenvalue weighted by atomic mass is 10.2. The molecule has 0 aliphatic carbocycles. The first-order valence-corrected chi connectivity index (χ1v) is 9.35. The molecule has 3 heterocycles. The standard InChI is InChI=1S/C17H9Cl2F3N4S/c18-12-6-11(17(20,21)22)7-26-15(12)24-25-16(26)27-8-10-5-9-3-1-2-4-13(9)23-14(10)19/h1-7H,8H2. The molecule has 0 radical (unpaired) electrons. The Morgan fingerprint density at radius 2 is 1.85 bits per heavy atom. The van der Waals surface area contributed by atoms with Crippen molar-refractivity contribution in [3.05, 3.63) is 63.9 Å². The molecule has 0 unspecified atom stereocenters. The molecule has 4 aromatic rings. The molecular weight excluding hydrogens is 420 g/mol. The highest BCUT2D eigenvalue weighted by Crippen LogP contribution is 2.34. The zero-order valence-electron chi connectivity index (χ0n) is 13.3. The van der Waals surface area contributed by atoms with Gasteiger partial charge >= 0.3 is 6.18 Å². The quantitative estimate of drug-likeness (QED) is 0.301. The number of fused-ring (bicyclic) bond motifs is 2. The highest BCUT2D eigenvalue weighted by atomic mass is 35.5. The molecule has 4 nitrogen and oxygen atoms in total. The van der Waals surface area contributed by atoms with E-state index in [1.54, 1.807) is 0 Å². The van der Waals surface area contributed by atoms with Crippen LogP contribution < -0.4 is 0 Å². The van der Waals surface area contributed by atoms with Crippen molar-refractivity contribution in [3.63, 3.8) is 0 Å². The number of alkyl halides is 3. The SMILES string of the molecule is FC(F)(F)c1cc(Cl)c2nnc(SCc3cc4ccccc4nc3Cl)n2c1. The second-order valence-corrected chi connectivity index (χ2v) is 7.38. The molecule has 10 heteroatoms. The molecule has 0 N–H and O–H groups in total. The molecule has 0 amide bonds. The largest absolute Gasteiger partial charge is 0.417 e. The summed E-state index contributed by atoms with van der Waals surface area (Å²) in [5, 5.41) is 9.24. The van der Waals surface area contributed by atoms with Gasteiger partial charge in [0, 0.05) is 22.9 Å². The normalized spacial score (nSPS) is 12.2. The van der Waals surface area contributed by atoms with Gasteiger partial charge in [0.2, 0.25) is 0 Å². The summed E-state index contributed by atoms with van der Waals surface area (Å²) in [6.45, 7) is 0. The Hall–Kier alpha value is -2.03. The molecule has 138 valence electrons. The van der Waals surface area contributed by atoms with Crippen LogP contribution in [-0.2, 0) is 11.9 Å². The molecule has 27 heavy (non-hydrogen) atoms. The van der Waals surface area contributed by atoms with E-state index in [0.29, 0.717) is 10.9 Å². The number of hydrogen-bond acceptors (Lipinski definition) is 4. The Morgan fingerprint density at radius 1 is 1.07 bits per heavy atom. The minimum Gasteiger partial charge on any atom is -0.276 e. The first-order valence-electron chi connectivity index (χ1n) is 7.61. The van der Waals surface area contributed by atoms with E-state index in [1.807, 2.05) is 30.3 Å². The molecular formula is C17H9Cl2F3N4S. The average molecular weight is 429 g/mol. The minimum atomic E-state index is -4.52. The molecule has 0 fully saturated rings. The predicted octanol–water partition coefficient (Wildman–Crippen LogP) is 5.90. The smallest absolute Gasteiger partial charge is 0.276 e. The third-order valence-electron chi connectivity index (χ3n) is 3.86. The molecule has 0 atom stereocenters. The Labute approximate surface area is 165 Å². The van der Waals surface area contributed by atoms with Crippen molar-refractivity contribution in [1.29, 1.82) is 0 Å². The Bertz CT molecular complexity index is 1160. The van der Waals surface area contributed by atoms with Crippen LogP contribution in [0, 0.1) is 0 Å². The highest BCUT2D eigenvalue weighted by Gasteiger charge is 2.32. The van der Waals surface area contributed by atoms with Crippen molar-refractivity contribution in [2.75, 3.05) is 0 Å². The van der Waals surface area contributed by atoms with Crippen LogP contribution in [0.3, 0.4) is 0 Å². The van der Waals surface area contributed by atoms with Gasteiger partial charge in [-0.2, -0.15) is 13.2 Å². The fraction of sp³-hybridized carbons (Fsp3) is 0.118. The molecule has 0 spiro atoms. The summed E-state index contributed by atoms with van der Waals surface area (Å²) in [5.74, 6) is 0.366. The van der Waals surface area contributed by atoms with Crippen molar-refractivity contribution in [1.82, 2.24) is 19.6 Å². The average Bonchev–Trinajstić information content (AvgIpc) is 3.03. The van der Waals surface area contributed by atoms with Gasteiger partial charge in [-0.3, -0.25) is 4.40 Å². The third-order valence-corrected chi connectivity index (χ3v) is 5.46. The van der Waals surface area contributed by atoms with Crippen LogP contribution in [0.25, 0.3) is 16.6 Å². The summed E-state index contributed by atoms with van der Waals surface area (Å²) in [5.41, 5.74) is 0.808. The van der Waals surface area contributed by atoms with Crippen LogP contribution >= 0.6 is 35.0 Å². The minimum absolute atomic E-state index is 0.116.